The van der Waals surface area contributed by atoms with Crippen LogP contribution in [-0.4, -0.2) is 87.6 Å². The molecule has 210 valence electrons. The fourth-order valence-corrected chi connectivity index (χ4v) is 3.01. The highest BCUT2D eigenvalue weighted by Crippen LogP contribution is 2.08. The Morgan fingerprint density at radius 1 is 0.811 bits per heavy atom. The Bertz CT molecular complexity index is 861. The number of aliphatic carboxylic acids is 3. The first-order chi connectivity index (χ1) is 17.2. The van der Waals surface area contributed by atoms with Crippen molar-refractivity contribution in [1.82, 2.24) is 16.0 Å². The minimum absolute atomic E-state index is 0.0579. The van der Waals surface area contributed by atoms with Gasteiger partial charge in [-0.1, -0.05) is 20.3 Å². The molecule has 16 heteroatoms. The number of hydrogen-bond donors (Lipinski definition) is 9. The number of carboxylic acids is 3. The van der Waals surface area contributed by atoms with Crippen molar-refractivity contribution in [3.63, 3.8) is 0 Å². The SMILES string of the molecule is CCC(C)C(N)C(=O)NC(CC(=O)O)C(=O)NC(CCCN=C(N)N)C(=O)NC(CCC(=O)O)C(=O)O. The lowest BCUT2D eigenvalue weighted by atomic mass is 9.99. The number of carboxylic acid groups (broad SMARTS) is 3. The molecule has 0 spiro atoms. The lowest BCUT2D eigenvalue weighted by Crippen LogP contribution is -2.58. The van der Waals surface area contributed by atoms with Gasteiger partial charge in [-0.15, -0.1) is 0 Å². The molecule has 0 fully saturated rings. The number of carbonyl (C=O) groups excluding carboxylic acids is 3. The predicted molar refractivity (Wildman–Crippen MR) is 130 cm³/mol. The molecule has 0 aromatic carbocycles. The Hall–Kier alpha value is -3.95. The summed E-state index contributed by atoms with van der Waals surface area (Å²) in [5.41, 5.74) is 16.4. The van der Waals surface area contributed by atoms with E-state index in [4.69, 9.17) is 22.3 Å². The topological polar surface area (TPSA) is 290 Å². The summed E-state index contributed by atoms with van der Waals surface area (Å²) in [5, 5.41) is 34.1. The van der Waals surface area contributed by atoms with Gasteiger partial charge in [0, 0.05) is 13.0 Å². The van der Waals surface area contributed by atoms with E-state index in [1.54, 1.807) is 13.8 Å². The summed E-state index contributed by atoms with van der Waals surface area (Å²) in [7, 11) is 0. The summed E-state index contributed by atoms with van der Waals surface area (Å²) >= 11 is 0. The Balaban J connectivity index is 5.71. The van der Waals surface area contributed by atoms with E-state index in [1.165, 1.54) is 0 Å². The van der Waals surface area contributed by atoms with Gasteiger partial charge in [-0.05, 0) is 25.2 Å². The summed E-state index contributed by atoms with van der Waals surface area (Å²) in [4.78, 5) is 75.5. The molecule has 0 aromatic rings. The summed E-state index contributed by atoms with van der Waals surface area (Å²) in [6.45, 7) is 3.56. The van der Waals surface area contributed by atoms with Gasteiger partial charge in [-0.3, -0.25) is 29.0 Å². The van der Waals surface area contributed by atoms with E-state index in [0.29, 0.717) is 6.42 Å². The van der Waals surface area contributed by atoms with Gasteiger partial charge in [0.1, 0.15) is 18.1 Å². The molecule has 0 aliphatic carbocycles. The highest BCUT2D eigenvalue weighted by atomic mass is 16.4. The second-order valence-corrected chi connectivity index (χ2v) is 8.41. The molecule has 3 amide bonds. The average molecular weight is 532 g/mol. The van der Waals surface area contributed by atoms with Gasteiger partial charge in [0.2, 0.25) is 17.7 Å². The van der Waals surface area contributed by atoms with Crippen LogP contribution in [0, 0.1) is 5.92 Å². The smallest absolute Gasteiger partial charge is 0.326 e. The lowest BCUT2D eigenvalue weighted by molar-refractivity contribution is -0.144. The van der Waals surface area contributed by atoms with Crippen LogP contribution >= 0.6 is 0 Å². The van der Waals surface area contributed by atoms with Crippen LogP contribution in [0.1, 0.15) is 52.4 Å². The van der Waals surface area contributed by atoms with Crippen molar-refractivity contribution in [2.75, 3.05) is 6.54 Å². The number of amides is 3. The maximum absolute atomic E-state index is 12.9. The molecule has 0 aliphatic rings. The highest BCUT2D eigenvalue weighted by molar-refractivity contribution is 5.95. The number of rotatable bonds is 18. The minimum Gasteiger partial charge on any atom is -0.481 e. The van der Waals surface area contributed by atoms with Gasteiger partial charge < -0.3 is 48.5 Å². The van der Waals surface area contributed by atoms with Gasteiger partial charge in [0.05, 0.1) is 12.5 Å². The van der Waals surface area contributed by atoms with Crippen LogP contribution in [-0.2, 0) is 28.8 Å². The van der Waals surface area contributed by atoms with Gasteiger partial charge in [0.25, 0.3) is 0 Å². The van der Waals surface area contributed by atoms with Crippen molar-refractivity contribution in [1.29, 1.82) is 0 Å². The number of nitrogens with zero attached hydrogens (tertiary/aromatic N) is 1. The van der Waals surface area contributed by atoms with Crippen LogP contribution in [0.5, 0.6) is 0 Å². The largest absolute Gasteiger partial charge is 0.481 e. The first-order valence-corrected chi connectivity index (χ1v) is 11.6. The van der Waals surface area contributed by atoms with Crippen LogP contribution in [0.2, 0.25) is 0 Å². The molecule has 5 unspecified atom stereocenters. The third-order valence-electron chi connectivity index (χ3n) is 5.41. The third-order valence-corrected chi connectivity index (χ3v) is 5.41. The molecule has 0 aliphatic heterocycles. The van der Waals surface area contributed by atoms with Crippen molar-refractivity contribution in [3.05, 3.63) is 0 Å². The molecule has 0 heterocycles. The monoisotopic (exact) mass is 531 g/mol. The second-order valence-electron chi connectivity index (χ2n) is 8.41. The van der Waals surface area contributed by atoms with Gasteiger partial charge in [-0.2, -0.15) is 0 Å². The standard InChI is InChI=1S/C21H37N7O9/c1-3-10(2)16(22)19(35)28-13(9-15(31)32)18(34)26-11(5-4-8-25-21(23)24)17(33)27-12(20(36)37)6-7-14(29)30/h10-13,16H,3-9,22H2,1-2H3,(H,26,34)(H,27,33)(H,28,35)(H,29,30)(H,31,32)(H,36,37)(H4,23,24,25). The summed E-state index contributed by atoms with van der Waals surface area (Å²) in [6, 6.07) is -5.55. The molecule has 16 nitrogen and oxygen atoms in total. The molecule has 0 radical (unpaired) electrons. The predicted octanol–water partition coefficient (Wildman–Crippen LogP) is -2.71. The first-order valence-electron chi connectivity index (χ1n) is 11.6. The molecule has 0 aromatic heterocycles. The molecule has 0 saturated carbocycles. The molecule has 5 atom stereocenters. The van der Waals surface area contributed by atoms with Crippen LogP contribution in [0.3, 0.4) is 0 Å². The summed E-state index contributed by atoms with van der Waals surface area (Å²) in [5.74, 6) is -7.40. The minimum atomic E-state index is -1.59. The molecular formula is C21H37N7O9. The molecule has 0 bridgehead atoms. The van der Waals surface area contributed by atoms with Gasteiger partial charge in [-0.25, -0.2) is 4.79 Å². The molecular weight excluding hydrogens is 494 g/mol. The average Bonchev–Trinajstić information content (AvgIpc) is 2.80. The van der Waals surface area contributed by atoms with Crippen molar-refractivity contribution in [3.8, 4) is 0 Å². The Kier molecular flexibility index (Phi) is 14.9. The quantitative estimate of drug-likeness (QED) is 0.0495. The number of aliphatic imine (C=N–C) groups is 1. The molecule has 0 saturated heterocycles. The summed E-state index contributed by atoms with van der Waals surface area (Å²) < 4.78 is 0. The van der Waals surface area contributed by atoms with E-state index in [0.717, 1.165) is 0 Å². The first kappa shape index (κ1) is 33.0. The van der Waals surface area contributed by atoms with E-state index < -0.39 is 79.1 Å². The van der Waals surface area contributed by atoms with Crippen LogP contribution < -0.4 is 33.2 Å². The van der Waals surface area contributed by atoms with E-state index in [-0.39, 0.29) is 31.3 Å². The van der Waals surface area contributed by atoms with Crippen LogP contribution in [0.4, 0.5) is 0 Å². The fraction of sp³-hybridized carbons (Fsp3) is 0.667. The fourth-order valence-electron chi connectivity index (χ4n) is 3.01. The van der Waals surface area contributed by atoms with Crippen molar-refractivity contribution >= 4 is 41.6 Å². The van der Waals surface area contributed by atoms with E-state index in [2.05, 4.69) is 20.9 Å². The van der Waals surface area contributed by atoms with Crippen LogP contribution in [0.15, 0.2) is 4.99 Å². The zero-order chi connectivity index (χ0) is 28.7. The van der Waals surface area contributed by atoms with E-state index in [9.17, 15) is 39.0 Å². The van der Waals surface area contributed by atoms with Gasteiger partial charge in [0.15, 0.2) is 5.96 Å². The Labute approximate surface area is 213 Å². The van der Waals surface area contributed by atoms with Crippen molar-refractivity contribution in [2.24, 2.45) is 28.1 Å². The zero-order valence-corrected chi connectivity index (χ0v) is 20.8. The summed E-state index contributed by atoms with van der Waals surface area (Å²) in [6.07, 6.45) is -1.17. The number of carbonyl (C=O) groups is 6. The van der Waals surface area contributed by atoms with E-state index in [1.807, 2.05) is 0 Å². The van der Waals surface area contributed by atoms with Crippen LogP contribution in [0.25, 0.3) is 0 Å². The Morgan fingerprint density at radius 2 is 1.35 bits per heavy atom. The normalized spacial score (nSPS) is 14.7. The van der Waals surface area contributed by atoms with Gasteiger partial charge >= 0.3 is 17.9 Å². The van der Waals surface area contributed by atoms with E-state index >= 15 is 0 Å². The highest BCUT2D eigenvalue weighted by Gasteiger charge is 2.32. The zero-order valence-electron chi connectivity index (χ0n) is 20.8. The third kappa shape index (κ3) is 13.6. The van der Waals surface area contributed by atoms with Crippen molar-refractivity contribution < 1.29 is 44.1 Å². The number of nitrogens with two attached hydrogens (primary N) is 3. The molecule has 12 N–H and O–H groups in total. The molecule has 37 heavy (non-hydrogen) atoms. The molecule has 0 rings (SSSR count). The van der Waals surface area contributed by atoms with Crippen molar-refractivity contribution in [2.45, 2.75) is 76.5 Å². The maximum Gasteiger partial charge on any atom is 0.326 e. The lowest BCUT2D eigenvalue weighted by Gasteiger charge is -2.25. The number of nitrogens with one attached hydrogen (secondary N) is 3. The number of hydrogen-bond acceptors (Lipinski definition) is 8. The second kappa shape index (κ2) is 16.7. The maximum atomic E-state index is 12.9. The Morgan fingerprint density at radius 3 is 1.84 bits per heavy atom. The number of guanidine groups is 1.